The number of hydrogen-bond donors (Lipinski definition) is 1. The summed E-state index contributed by atoms with van der Waals surface area (Å²) >= 11 is 0. The van der Waals surface area contributed by atoms with Gasteiger partial charge in [-0.1, -0.05) is 5.57 Å². The summed E-state index contributed by atoms with van der Waals surface area (Å²) in [6.07, 6.45) is 3.66. The fourth-order valence-electron chi connectivity index (χ4n) is 0.200. The molecule has 0 spiro atoms. The third-order valence-electron chi connectivity index (χ3n) is 0.465. The van der Waals surface area contributed by atoms with Crippen molar-refractivity contribution in [2.75, 3.05) is 0 Å². The van der Waals surface area contributed by atoms with Crippen LogP contribution in [0.4, 0.5) is 0 Å². The molecule has 0 aliphatic rings. The van der Waals surface area contributed by atoms with Crippen LogP contribution in [0.2, 0.25) is 0 Å². The van der Waals surface area contributed by atoms with Crippen molar-refractivity contribution < 1.29 is 10.1 Å². The van der Waals surface area contributed by atoms with Crippen molar-refractivity contribution in [3.63, 3.8) is 0 Å². The average Bonchev–Trinajstić information content (AvgIpc) is 1.66. The van der Waals surface area contributed by atoms with Gasteiger partial charge in [0.2, 0.25) is 0 Å². The van der Waals surface area contributed by atoms with E-state index in [4.69, 9.17) is 5.26 Å². The van der Waals surface area contributed by atoms with Crippen molar-refractivity contribution in [1.82, 2.24) is 0 Å². The SMILES string of the molecule is CC(C)=CC#COO. The van der Waals surface area contributed by atoms with Crippen LogP contribution in [0.15, 0.2) is 11.6 Å². The zero-order valence-corrected chi connectivity index (χ0v) is 4.93. The first-order valence-electron chi connectivity index (χ1n) is 2.21. The molecule has 0 aromatic rings. The molecule has 0 amide bonds. The van der Waals surface area contributed by atoms with Crippen molar-refractivity contribution in [3.8, 4) is 12.0 Å². The first-order valence-corrected chi connectivity index (χ1v) is 2.21. The van der Waals surface area contributed by atoms with Gasteiger partial charge in [-0.2, -0.15) is 5.26 Å². The van der Waals surface area contributed by atoms with E-state index in [0.29, 0.717) is 0 Å². The molecule has 0 saturated carbocycles. The molecule has 0 aliphatic carbocycles. The maximum absolute atomic E-state index is 7.68. The van der Waals surface area contributed by atoms with Crippen LogP contribution in [0.5, 0.6) is 0 Å². The van der Waals surface area contributed by atoms with E-state index in [9.17, 15) is 0 Å². The second-order valence-corrected chi connectivity index (χ2v) is 1.56. The molecular formula is C6H8O2. The van der Waals surface area contributed by atoms with E-state index in [1.807, 2.05) is 20.0 Å². The minimum atomic E-state index is 1.08. The summed E-state index contributed by atoms with van der Waals surface area (Å²) in [5.41, 5.74) is 1.08. The van der Waals surface area contributed by atoms with E-state index in [0.717, 1.165) is 5.57 Å². The maximum atomic E-state index is 7.68. The Balaban J connectivity index is 3.57. The first kappa shape index (κ1) is 7.06. The highest BCUT2D eigenvalue weighted by molar-refractivity contribution is 5.15. The molecule has 2 heteroatoms. The Labute approximate surface area is 48.7 Å². The van der Waals surface area contributed by atoms with Crippen LogP contribution < -0.4 is 0 Å². The molecule has 0 saturated heterocycles. The molecule has 0 rings (SSSR count). The van der Waals surface area contributed by atoms with Crippen molar-refractivity contribution >= 4 is 0 Å². The van der Waals surface area contributed by atoms with Crippen LogP contribution in [0, 0.1) is 12.0 Å². The topological polar surface area (TPSA) is 29.5 Å². The monoisotopic (exact) mass is 112 g/mol. The molecule has 0 aromatic carbocycles. The van der Waals surface area contributed by atoms with Gasteiger partial charge in [0.15, 0.2) is 6.11 Å². The molecule has 2 nitrogen and oxygen atoms in total. The minimum absolute atomic E-state index is 1.08. The van der Waals surface area contributed by atoms with Crippen LogP contribution >= 0.6 is 0 Å². The van der Waals surface area contributed by atoms with Gasteiger partial charge < -0.3 is 0 Å². The predicted octanol–water partition coefficient (Wildman–Crippen LogP) is 1.40. The fourth-order valence-corrected chi connectivity index (χ4v) is 0.200. The highest BCUT2D eigenvalue weighted by Gasteiger charge is 1.67. The summed E-state index contributed by atoms with van der Waals surface area (Å²) in [7, 11) is 0. The smallest absolute Gasteiger partial charge is 0.161 e. The van der Waals surface area contributed by atoms with E-state index < -0.39 is 0 Å². The van der Waals surface area contributed by atoms with E-state index in [2.05, 4.69) is 10.8 Å². The second-order valence-electron chi connectivity index (χ2n) is 1.56. The summed E-state index contributed by atoms with van der Waals surface area (Å²) in [6.45, 7) is 3.82. The van der Waals surface area contributed by atoms with Crippen LogP contribution in [0.1, 0.15) is 13.8 Å². The summed E-state index contributed by atoms with van der Waals surface area (Å²) in [6, 6.07) is 0. The van der Waals surface area contributed by atoms with Crippen LogP contribution in [0.3, 0.4) is 0 Å². The van der Waals surface area contributed by atoms with Gasteiger partial charge in [0.25, 0.3) is 0 Å². The summed E-state index contributed by atoms with van der Waals surface area (Å²) in [5.74, 6) is 2.45. The highest BCUT2D eigenvalue weighted by atomic mass is 17.1. The van der Waals surface area contributed by atoms with E-state index >= 15 is 0 Å². The summed E-state index contributed by atoms with van der Waals surface area (Å²) in [4.78, 5) is 3.49. The van der Waals surface area contributed by atoms with E-state index in [-0.39, 0.29) is 0 Å². The van der Waals surface area contributed by atoms with Crippen molar-refractivity contribution in [2.45, 2.75) is 13.8 Å². The Morgan fingerprint density at radius 3 is 2.62 bits per heavy atom. The van der Waals surface area contributed by atoms with Crippen LogP contribution in [0.25, 0.3) is 0 Å². The number of hydrogen-bond acceptors (Lipinski definition) is 2. The lowest BCUT2D eigenvalue weighted by Gasteiger charge is -1.76. The van der Waals surface area contributed by atoms with Gasteiger partial charge in [-0.15, -0.1) is 0 Å². The Morgan fingerprint density at radius 1 is 1.62 bits per heavy atom. The van der Waals surface area contributed by atoms with Gasteiger partial charge in [-0.05, 0) is 25.8 Å². The van der Waals surface area contributed by atoms with Crippen LogP contribution in [-0.4, -0.2) is 5.26 Å². The molecule has 8 heavy (non-hydrogen) atoms. The summed E-state index contributed by atoms with van der Waals surface area (Å²) < 4.78 is 0. The zero-order valence-electron chi connectivity index (χ0n) is 4.93. The molecule has 0 unspecified atom stereocenters. The molecule has 0 heterocycles. The normalized spacial score (nSPS) is 6.38. The lowest BCUT2D eigenvalue weighted by atomic mass is 10.3. The van der Waals surface area contributed by atoms with Crippen LogP contribution in [-0.2, 0) is 4.89 Å². The molecule has 0 fully saturated rings. The van der Waals surface area contributed by atoms with Gasteiger partial charge in [-0.25, -0.2) is 0 Å². The Bertz CT molecular complexity index is 132. The Kier molecular flexibility index (Phi) is 3.73. The number of allylic oxidation sites excluding steroid dienone is 2. The molecule has 0 radical (unpaired) electrons. The Hall–Kier alpha value is -0.940. The molecule has 0 aliphatic heterocycles. The lowest BCUT2D eigenvalue weighted by Crippen LogP contribution is -1.65. The third kappa shape index (κ3) is 5.06. The summed E-state index contributed by atoms with van der Waals surface area (Å²) in [5, 5.41) is 7.68. The van der Waals surface area contributed by atoms with Gasteiger partial charge >= 0.3 is 0 Å². The molecule has 0 aromatic heterocycles. The second kappa shape index (κ2) is 4.23. The molecule has 0 atom stereocenters. The van der Waals surface area contributed by atoms with Crippen molar-refractivity contribution in [2.24, 2.45) is 0 Å². The number of rotatable bonds is 0. The van der Waals surface area contributed by atoms with Gasteiger partial charge in [0, 0.05) is 0 Å². The third-order valence-corrected chi connectivity index (χ3v) is 0.465. The average molecular weight is 112 g/mol. The largest absolute Gasteiger partial charge is 0.285 e. The fraction of sp³-hybridized carbons (Fsp3) is 0.333. The van der Waals surface area contributed by atoms with Gasteiger partial charge in [-0.3, -0.25) is 4.89 Å². The molecule has 44 valence electrons. The maximum Gasteiger partial charge on any atom is 0.161 e. The van der Waals surface area contributed by atoms with Crippen molar-refractivity contribution in [1.29, 1.82) is 0 Å². The first-order chi connectivity index (χ1) is 3.77. The highest BCUT2D eigenvalue weighted by Crippen LogP contribution is 1.83. The standard InChI is InChI=1S/C6H8O2/c1-6(2)4-3-5-8-7/h4,7H,1-2H3. The predicted molar refractivity (Wildman–Crippen MR) is 30.9 cm³/mol. The molecule has 0 bridgehead atoms. The van der Waals surface area contributed by atoms with Gasteiger partial charge in [0.05, 0.1) is 0 Å². The van der Waals surface area contributed by atoms with Crippen molar-refractivity contribution in [3.05, 3.63) is 11.6 Å². The van der Waals surface area contributed by atoms with E-state index in [1.165, 1.54) is 0 Å². The quantitative estimate of drug-likeness (QED) is 0.291. The van der Waals surface area contributed by atoms with Gasteiger partial charge in [0.1, 0.15) is 0 Å². The molecule has 1 N–H and O–H groups in total. The minimum Gasteiger partial charge on any atom is -0.285 e. The van der Waals surface area contributed by atoms with E-state index in [1.54, 1.807) is 6.08 Å². The zero-order chi connectivity index (χ0) is 6.41. The Morgan fingerprint density at radius 2 is 2.25 bits per heavy atom. The molecular weight excluding hydrogens is 104 g/mol. The lowest BCUT2D eigenvalue weighted by molar-refractivity contribution is -0.171.